The van der Waals surface area contributed by atoms with Gasteiger partial charge < -0.3 is 22.1 Å². The molecule has 0 fully saturated rings. The van der Waals surface area contributed by atoms with Gasteiger partial charge in [-0.05, 0) is 12.8 Å². The maximum Gasteiger partial charge on any atom is 0.0737 e. The normalized spacial score (nSPS) is 7.38. The van der Waals surface area contributed by atoms with Crippen LogP contribution in [0.25, 0.3) is 0 Å². The average Bonchev–Trinajstić information content (AvgIpc) is 2.03. The summed E-state index contributed by atoms with van der Waals surface area (Å²) < 4.78 is 0. The first-order valence-corrected chi connectivity index (χ1v) is 4.80. The lowest BCUT2D eigenvalue weighted by Gasteiger charge is -2.02. The molecule has 0 rings (SSSR count). The van der Waals surface area contributed by atoms with Crippen LogP contribution in [0.15, 0.2) is 0 Å². The highest BCUT2D eigenvalue weighted by atomic mass is 16.3. The Balaban J connectivity index is -0.0000000450. The van der Waals surface area contributed by atoms with Gasteiger partial charge in [-0.25, -0.2) is 0 Å². The Labute approximate surface area is 82.6 Å². The molecule has 4 nitrogen and oxygen atoms in total. The van der Waals surface area contributed by atoms with Gasteiger partial charge in [-0.15, -0.1) is 6.10 Å². The van der Waals surface area contributed by atoms with Gasteiger partial charge >= 0.3 is 0 Å². The third-order valence-electron chi connectivity index (χ3n) is 0.707. The molecule has 0 amide bonds. The third-order valence-corrected chi connectivity index (χ3v) is 0.707. The van der Waals surface area contributed by atoms with Gasteiger partial charge in [-0.1, -0.05) is 27.7 Å². The molecule has 0 saturated heterocycles. The molecule has 0 aromatic heterocycles. The zero-order valence-electron chi connectivity index (χ0n) is 9.68. The number of hydrogen-bond acceptors (Lipinski definition) is 2. The van der Waals surface area contributed by atoms with Gasteiger partial charge in [0.2, 0.25) is 0 Å². The SMILES string of the molecule is CC(C)[O-].CCC[NH3+].CCC[NH3+].[OH-]. The summed E-state index contributed by atoms with van der Waals surface area (Å²) >= 11 is 0. The third kappa shape index (κ3) is 339. The monoisotopic (exact) mass is 196 g/mol. The first-order chi connectivity index (χ1) is 5.56. The average molecular weight is 196 g/mol. The Morgan fingerprint density at radius 2 is 1.08 bits per heavy atom. The van der Waals surface area contributed by atoms with Gasteiger partial charge in [0.1, 0.15) is 0 Å². The van der Waals surface area contributed by atoms with E-state index in [0.29, 0.717) is 0 Å². The van der Waals surface area contributed by atoms with Crippen LogP contribution in [-0.2, 0) is 0 Å². The Morgan fingerprint density at radius 1 is 1.00 bits per heavy atom. The summed E-state index contributed by atoms with van der Waals surface area (Å²) in [6, 6.07) is 0. The van der Waals surface area contributed by atoms with Crippen molar-refractivity contribution in [2.24, 2.45) is 0 Å². The van der Waals surface area contributed by atoms with Crippen LogP contribution in [0.5, 0.6) is 0 Å². The lowest BCUT2D eigenvalue weighted by molar-refractivity contribution is -0.407. The molecule has 0 radical (unpaired) electrons. The van der Waals surface area contributed by atoms with E-state index in [1.807, 2.05) is 0 Å². The van der Waals surface area contributed by atoms with E-state index in [1.165, 1.54) is 12.8 Å². The molecule has 0 aliphatic heterocycles. The smallest absolute Gasteiger partial charge is 0.0737 e. The van der Waals surface area contributed by atoms with Crippen LogP contribution in [0, 0.1) is 0 Å². The lowest BCUT2D eigenvalue weighted by Crippen LogP contribution is -2.49. The van der Waals surface area contributed by atoms with E-state index in [-0.39, 0.29) is 5.48 Å². The van der Waals surface area contributed by atoms with Crippen molar-refractivity contribution in [1.82, 2.24) is 0 Å². The van der Waals surface area contributed by atoms with Crippen LogP contribution >= 0.6 is 0 Å². The highest BCUT2D eigenvalue weighted by Crippen LogP contribution is 1.57. The van der Waals surface area contributed by atoms with Gasteiger partial charge in [0.25, 0.3) is 0 Å². The fraction of sp³-hybridized carbons (Fsp3) is 1.00. The molecule has 0 spiro atoms. The Bertz CT molecular complexity index is 42.1. The standard InChI is InChI=1S/2C3H9N.C3H7O.H2O/c2*1-2-3-4;1-3(2)4;/h2*2-4H2,1H3;3H,1-2H3;1H2/q;;-1;/p+1. The second-order valence-corrected chi connectivity index (χ2v) is 2.76. The predicted molar refractivity (Wildman–Crippen MR) is 53.2 cm³/mol. The van der Waals surface area contributed by atoms with Crippen molar-refractivity contribution in [3.63, 3.8) is 0 Å². The maximum atomic E-state index is 9.53. The topological polar surface area (TPSA) is 108 Å². The number of hydrogen-bond donors (Lipinski definition) is 2. The fourth-order valence-electron chi connectivity index (χ4n) is 0. The lowest BCUT2D eigenvalue weighted by atomic mass is 10.5. The van der Waals surface area contributed by atoms with E-state index in [4.69, 9.17) is 0 Å². The summed E-state index contributed by atoms with van der Waals surface area (Å²) in [6.07, 6.45) is 2.00. The molecule has 0 aliphatic carbocycles. The highest BCUT2D eigenvalue weighted by molar-refractivity contribution is 4.17. The quantitative estimate of drug-likeness (QED) is 0.582. The molecule has 0 aliphatic rings. The molecule has 0 heterocycles. The molecule has 0 aromatic carbocycles. The van der Waals surface area contributed by atoms with E-state index in [0.717, 1.165) is 13.1 Å². The van der Waals surface area contributed by atoms with Crippen molar-refractivity contribution in [1.29, 1.82) is 0 Å². The van der Waals surface area contributed by atoms with E-state index in [2.05, 4.69) is 25.3 Å². The second kappa shape index (κ2) is 29.7. The molecule has 4 heteroatoms. The van der Waals surface area contributed by atoms with Crippen molar-refractivity contribution in [2.45, 2.75) is 46.6 Å². The zero-order valence-corrected chi connectivity index (χ0v) is 9.68. The molecule has 86 valence electrons. The van der Waals surface area contributed by atoms with E-state index in [9.17, 15) is 5.11 Å². The van der Waals surface area contributed by atoms with Gasteiger partial charge in [0.15, 0.2) is 0 Å². The van der Waals surface area contributed by atoms with Crippen molar-refractivity contribution in [3.05, 3.63) is 0 Å². The van der Waals surface area contributed by atoms with Crippen molar-refractivity contribution in [2.75, 3.05) is 13.1 Å². The zero-order chi connectivity index (χ0) is 10.4. The minimum Gasteiger partial charge on any atom is -0.870 e. The molecule has 0 unspecified atom stereocenters. The van der Waals surface area contributed by atoms with E-state index in [1.54, 1.807) is 13.8 Å². The molecule has 7 N–H and O–H groups in total. The summed E-state index contributed by atoms with van der Waals surface area (Å²) in [4.78, 5) is 0. The Hall–Kier alpha value is -0.160. The Kier molecular flexibility index (Phi) is 52.7. The minimum absolute atomic E-state index is 0. The van der Waals surface area contributed by atoms with Crippen LogP contribution < -0.4 is 16.6 Å². The van der Waals surface area contributed by atoms with E-state index >= 15 is 0 Å². The van der Waals surface area contributed by atoms with Crippen molar-refractivity contribution in [3.8, 4) is 0 Å². The van der Waals surface area contributed by atoms with Crippen LogP contribution in [0.2, 0.25) is 0 Å². The summed E-state index contributed by atoms with van der Waals surface area (Å²) in [7, 11) is 0. The fourth-order valence-corrected chi connectivity index (χ4v) is 0. The largest absolute Gasteiger partial charge is 0.870 e. The highest BCUT2D eigenvalue weighted by Gasteiger charge is 1.60. The summed E-state index contributed by atoms with van der Waals surface area (Å²) in [6.45, 7) is 9.60. The second-order valence-electron chi connectivity index (χ2n) is 2.76. The van der Waals surface area contributed by atoms with Crippen LogP contribution in [0.4, 0.5) is 0 Å². The molecule has 13 heavy (non-hydrogen) atoms. The number of rotatable bonds is 2. The van der Waals surface area contributed by atoms with Gasteiger partial charge in [0, 0.05) is 0 Å². The summed E-state index contributed by atoms with van der Waals surface area (Å²) in [5.41, 5.74) is 7.21. The van der Waals surface area contributed by atoms with Crippen molar-refractivity contribution >= 4 is 0 Å². The van der Waals surface area contributed by atoms with Crippen molar-refractivity contribution < 1.29 is 22.1 Å². The van der Waals surface area contributed by atoms with Crippen LogP contribution in [0.1, 0.15) is 40.5 Å². The van der Waals surface area contributed by atoms with Crippen LogP contribution in [-0.4, -0.2) is 24.7 Å². The van der Waals surface area contributed by atoms with Crippen LogP contribution in [0.3, 0.4) is 0 Å². The molecular formula is C9H28N2O2. The molecule has 0 aromatic rings. The first-order valence-electron chi connectivity index (χ1n) is 4.80. The summed E-state index contributed by atoms with van der Waals surface area (Å²) in [5.74, 6) is 0. The predicted octanol–water partition coefficient (Wildman–Crippen LogP) is -1.15. The molecule has 0 saturated carbocycles. The maximum absolute atomic E-state index is 9.53. The molecule has 0 atom stereocenters. The molecule has 0 bridgehead atoms. The first kappa shape index (κ1) is 23.0. The van der Waals surface area contributed by atoms with Gasteiger partial charge in [-0.3, -0.25) is 0 Å². The Morgan fingerprint density at radius 3 is 1.08 bits per heavy atom. The number of quaternary nitrogens is 2. The minimum atomic E-state index is -0.417. The van der Waals surface area contributed by atoms with E-state index < -0.39 is 6.10 Å². The van der Waals surface area contributed by atoms with Gasteiger partial charge in [0.05, 0.1) is 13.1 Å². The summed E-state index contributed by atoms with van der Waals surface area (Å²) in [5, 5.41) is 9.53. The van der Waals surface area contributed by atoms with Gasteiger partial charge in [-0.2, -0.15) is 0 Å². The molecular weight excluding hydrogens is 168 g/mol.